The summed E-state index contributed by atoms with van der Waals surface area (Å²) in [5.74, 6) is 0.776. The van der Waals surface area contributed by atoms with Gasteiger partial charge in [-0.05, 0) is 25.1 Å². The lowest BCUT2D eigenvalue weighted by Crippen LogP contribution is -2.34. The zero-order valence-electron chi connectivity index (χ0n) is 13.4. The number of hydrogen-bond donors (Lipinski definition) is 1. The van der Waals surface area contributed by atoms with E-state index < -0.39 is 0 Å². The zero-order chi connectivity index (χ0) is 16.2. The van der Waals surface area contributed by atoms with E-state index in [1.54, 1.807) is 0 Å². The van der Waals surface area contributed by atoms with Crippen LogP contribution in [0.5, 0.6) is 0 Å². The number of rotatable bonds is 5. The van der Waals surface area contributed by atoms with Crippen molar-refractivity contribution >= 4 is 22.6 Å². The van der Waals surface area contributed by atoms with E-state index in [2.05, 4.69) is 5.32 Å². The average Bonchev–Trinajstić information content (AvgIpc) is 2.90. The molecule has 0 aliphatic heterocycles. The van der Waals surface area contributed by atoms with Gasteiger partial charge < -0.3 is 14.6 Å². The van der Waals surface area contributed by atoms with Gasteiger partial charge in [-0.3, -0.25) is 4.79 Å². The minimum Gasteiger partial charge on any atom is -0.459 e. The van der Waals surface area contributed by atoms with Crippen molar-refractivity contribution < 1.29 is 9.21 Å². The third kappa shape index (κ3) is 3.37. The predicted octanol–water partition coefficient (Wildman–Crippen LogP) is 3.49. The molecule has 0 saturated heterocycles. The van der Waals surface area contributed by atoms with Gasteiger partial charge in [0.25, 0.3) is 0 Å². The predicted molar refractivity (Wildman–Crippen MR) is 92.5 cm³/mol. The highest BCUT2D eigenvalue weighted by Gasteiger charge is 2.12. The second-order valence-corrected chi connectivity index (χ2v) is 5.61. The van der Waals surface area contributed by atoms with Crippen molar-refractivity contribution in [3.63, 3.8) is 0 Å². The molecule has 0 aliphatic carbocycles. The maximum Gasteiger partial charge on any atom is 0.239 e. The number of hydrogen-bond acceptors (Lipinski definition) is 3. The number of amides is 1. The van der Waals surface area contributed by atoms with Crippen molar-refractivity contribution in [1.29, 1.82) is 0 Å². The van der Waals surface area contributed by atoms with Crippen LogP contribution in [0.25, 0.3) is 11.0 Å². The monoisotopic (exact) mass is 308 g/mol. The van der Waals surface area contributed by atoms with Crippen LogP contribution in [0.2, 0.25) is 0 Å². The molecule has 118 valence electrons. The second-order valence-electron chi connectivity index (χ2n) is 5.61. The SMILES string of the molecule is Cc1c(CNC(=O)CN(C)c2ccccc2)oc2ccccc12. The number of nitrogens with zero attached hydrogens (tertiary/aromatic N) is 1. The summed E-state index contributed by atoms with van der Waals surface area (Å²) in [6.07, 6.45) is 0. The Morgan fingerprint density at radius 1 is 1.09 bits per heavy atom. The first-order chi connectivity index (χ1) is 11.1. The van der Waals surface area contributed by atoms with Crippen LogP contribution in [-0.4, -0.2) is 19.5 Å². The fraction of sp³-hybridized carbons (Fsp3) is 0.211. The number of carbonyl (C=O) groups is 1. The van der Waals surface area contributed by atoms with Crippen molar-refractivity contribution in [1.82, 2.24) is 5.32 Å². The van der Waals surface area contributed by atoms with Crippen molar-refractivity contribution in [3.8, 4) is 0 Å². The Kier molecular flexibility index (Phi) is 4.33. The van der Waals surface area contributed by atoms with Crippen molar-refractivity contribution in [2.75, 3.05) is 18.5 Å². The number of aryl methyl sites for hydroxylation is 1. The van der Waals surface area contributed by atoms with Crippen LogP contribution in [0.4, 0.5) is 5.69 Å². The highest BCUT2D eigenvalue weighted by Crippen LogP contribution is 2.24. The van der Waals surface area contributed by atoms with Crippen LogP contribution in [0.3, 0.4) is 0 Å². The molecule has 0 fully saturated rings. The topological polar surface area (TPSA) is 45.5 Å². The van der Waals surface area contributed by atoms with Crippen LogP contribution in [0, 0.1) is 6.92 Å². The molecule has 4 heteroatoms. The number of likely N-dealkylation sites (N-methyl/N-ethyl adjacent to an activating group) is 1. The maximum atomic E-state index is 12.1. The molecular weight excluding hydrogens is 288 g/mol. The summed E-state index contributed by atoms with van der Waals surface area (Å²) in [6, 6.07) is 17.8. The number of para-hydroxylation sites is 2. The molecule has 0 aliphatic rings. The molecule has 0 unspecified atom stereocenters. The number of carbonyl (C=O) groups excluding carboxylic acids is 1. The first-order valence-electron chi connectivity index (χ1n) is 7.65. The van der Waals surface area contributed by atoms with Crippen LogP contribution >= 0.6 is 0 Å². The molecule has 1 aromatic heterocycles. The van der Waals surface area contributed by atoms with Crippen LogP contribution in [0.1, 0.15) is 11.3 Å². The van der Waals surface area contributed by atoms with E-state index in [1.807, 2.05) is 73.5 Å². The number of nitrogens with one attached hydrogen (secondary N) is 1. The summed E-state index contributed by atoms with van der Waals surface area (Å²) in [7, 11) is 1.90. The maximum absolute atomic E-state index is 12.1. The van der Waals surface area contributed by atoms with Crippen molar-refractivity contribution in [3.05, 3.63) is 65.9 Å². The molecule has 0 atom stereocenters. The molecule has 23 heavy (non-hydrogen) atoms. The summed E-state index contributed by atoms with van der Waals surface area (Å²) in [5.41, 5.74) is 2.95. The van der Waals surface area contributed by atoms with Gasteiger partial charge in [0.15, 0.2) is 0 Å². The fourth-order valence-corrected chi connectivity index (χ4v) is 2.62. The molecule has 0 spiro atoms. The first kappa shape index (κ1) is 15.2. The zero-order valence-corrected chi connectivity index (χ0v) is 13.4. The molecule has 2 aromatic carbocycles. The van der Waals surface area contributed by atoms with Gasteiger partial charge >= 0.3 is 0 Å². The Labute approximate surface area is 135 Å². The molecule has 0 saturated carbocycles. The van der Waals surface area contributed by atoms with Crippen LogP contribution < -0.4 is 10.2 Å². The fourth-order valence-electron chi connectivity index (χ4n) is 2.62. The normalized spacial score (nSPS) is 10.7. The smallest absolute Gasteiger partial charge is 0.239 e. The quantitative estimate of drug-likeness (QED) is 0.784. The Morgan fingerprint density at radius 2 is 1.78 bits per heavy atom. The van der Waals surface area contributed by atoms with Crippen LogP contribution in [0.15, 0.2) is 59.0 Å². The van der Waals surface area contributed by atoms with E-state index in [0.29, 0.717) is 13.1 Å². The molecule has 0 bridgehead atoms. The number of furan rings is 1. The number of fused-ring (bicyclic) bond motifs is 1. The van der Waals surface area contributed by atoms with Gasteiger partial charge in [0.1, 0.15) is 11.3 Å². The summed E-state index contributed by atoms with van der Waals surface area (Å²) >= 11 is 0. The molecule has 0 radical (unpaired) electrons. The lowest BCUT2D eigenvalue weighted by atomic mass is 10.1. The lowest BCUT2D eigenvalue weighted by molar-refractivity contribution is -0.119. The molecule has 1 N–H and O–H groups in total. The van der Waals surface area contributed by atoms with E-state index in [4.69, 9.17) is 4.42 Å². The minimum atomic E-state index is -0.0313. The summed E-state index contributed by atoms with van der Waals surface area (Å²) in [6.45, 7) is 2.73. The number of anilines is 1. The minimum absolute atomic E-state index is 0.0313. The van der Waals surface area contributed by atoms with Gasteiger partial charge in [-0.15, -0.1) is 0 Å². The van der Waals surface area contributed by atoms with Gasteiger partial charge in [0.2, 0.25) is 5.91 Å². The Bertz CT molecular complexity index is 809. The Hall–Kier alpha value is -2.75. The third-order valence-corrected chi connectivity index (χ3v) is 3.97. The number of benzene rings is 2. The van der Waals surface area contributed by atoms with E-state index >= 15 is 0 Å². The molecular formula is C19H20N2O2. The van der Waals surface area contributed by atoms with Crippen molar-refractivity contribution in [2.45, 2.75) is 13.5 Å². The van der Waals surface area contributed by atoms with Gasteiger partial charge in [0, 0.05) is 23.7 Å². The molecule has 1 amide bonds. The summed E-state index contributed by atoms with van der Waals surface area (Å²) in [5, 5.41) is 4.02. The molecule has 1 heterocycles. The molecule has 4 nitrogen and oxygen atoms in total. The van der Waals surface area contributed by atoms with Crippen molar-refractivity contribution in [2.24, 2.45) is 0 Å². The van der Waals surface area contributed by atoms with Crippen LogP contribution in [-0.2, 0) is 11.3 Å². The first-order valence-corrected chi connectivity index (χ1v) is 7.65. The second kappa shape index (κ2) is 6.57. The molecule has 3 rings (SSSR count). The van der Waals surface area contributed by atoms with Gasteiger partial charge in [-0.1, -0.05) is 36.4 Å². The Balaban J connectivity index is 1.61. The van der Waals surface area contributed by atoms with E-state index in [0.717, 1.165) is 28.0 Å². The van der Waals surface area contributed by atoms with E-state index in [1.165, 1.54) is 0 Å². The highest BCUT2D eigenvalue weighted by atomic mass is 16.3. The highest BCUT2D eigenvalue weighted by molar-refractivity contribution is 5.83. The average molecular weight is 308 g/mol. The third-order valence-electron chi connectivity index (χ3n) is 3.97. The molecule has 3 aromatic rings. The standard InChI is InChI=1S/C19H20N2O2/c1-14-16-10-6-7-11-17(16)23-18(14)12-20-19(22)13-21(2)15-8-4-3-5-9-15/h3-11H,12-13H2,1-2H3,(H,20,22). The van der Waals surface area contributed by atoms with E-state index in [-0.39, 0.29) is 5.91 Å². The van der Waals surface area contributed by atoms with Gasteiger partial charge in [0.05, 0.1) is 13.1 Å². The lowest BCUT2D eigenvalue weighted by Gasteiger charge is -2.18. The van der Waals surface area contributed by atoms with Gasteiger partial charge in [-0.2, -0.15) is 0 Å². The Morgan fingerprint density at radius 3 is 2.52 bits per heavy atom. The van der Waals surface area contributed by atoms with Gasteiger partial charge in [-0.25, -0.2) is 0 Å². The summed E-state index contributed by atoms with van der Waals surface area (Å²) < 4.78 is 5.81. The van der Waals surface area contributed by atoms with E-state index in [9.17, 15) is 4.79 Å². The largest absolute Gasteiger partial charge is 0.459 e. The summed E-state index contributed by atoms with van der Waals surface area (Å²) in [4.78, 5) is 14.0.